The average Bonchev–Trinajstić information content (AvgIpc) is 2.94. The van der Waals surface area contributed by atoms with E-state index < -0.39 is 60.2 Å². The van der Waals surface area contributed by atoms with Crippen LogP contribution in [0.2, 0.25) is 0 Å². The highest BCUT2D eigenvalue weighted by atomic mass is 32.2. The van der Waals surface area contributed by atoms with Crippen molar-refractivity contribution in [2.45, 2.75) is 56.3 Å². The summed E-state index contributed by atoms with van der Waals surface area (Å²) in [7, 11) is 0. The van der Waals surface area contributed by atoms with E-state index in [-0.39, 0.29) is 25.0 Å². The number of phenolic OH excluding ortho intramolecular Hbond substituents is 1. The van der Waals surface area contributed by atoms with Crippen LogP contribution >= 0.6 is 11.8 Å². The number of hydrogen-bond donors (Lipinski definition) is 7. The molecule has 12 nitrogen and oxygen atoms in total. The van der Waals surface area contributed by atoms with Crippen LogP contribution in [-0.2, 0) is 36.8 Å². The lowest BCUT2D eigenvalue weighted by molar-refractivity contribution is -0.143. The fourth-order valence-corrected chi connectivity index (χ4v) is 4.35. The van der Waals surface area contributed by atoms with Gasteiger partial charge in [-0.25, -0.2) is 4.79 Å². The third kappa shape index (κ3) is 11.9. The highest BCUT2D eigenvalue weighted by Gasteiger charge is 2.31. The Morgan fingerprint density at radius 3 is 1.78 bits per heavy atom. The van der Waals surface area contributed by atoms with Crippen LogP contribution in [0.15, 0.2) is 54.6 Å². The third-order valence-electron chi connectivity index (χ3n) is 6.16. The largest absolute Gasteiger partial charge is 0.508 e. The number of carboxylic acids is 2. The topological polar surface area (TPSA) is 208 Å². The van der Waals surface area contributed by atoms with Gasteiger partial charge in [-0.15, -0.1) is 0 Å². The van der Waals surface area contributed by atoms with E-state index in [4.69, 9.17) is 10.8 Å². The number of hydrogen-bond acceptors (Lipinski definition) is 8. The number of carbonyl (C=O) groups is 5. The summed E-state index contributed by atoms with van der Waals surface area (Å²) in [5.74, 6) is -4.11. The van der Waals surface area contributed by atoms with Gasteiger partial charge in [-0.1, -0.05) is 42.5 Å². The van der Waals surface area contributed by atoms with Gasteiger partial charge in [0.15, 0.2) is 0 Å². The zero-order valence-electron chi connectivity index (χ0n) is 22.6. The van der Waals surface area contributed by atoms with Crippen LogP contribution in [0.3, 0.4) is 0 Å². The summed E-state index contributed by atoms with van der Waals surface area (Å²) in [5, 5.41) is 35.6. The maximum absolute atomic E-state index is 13.5. The van der Waals surface area contributed by atoms with Gasteiger partial charge in [0.25, 0.3) is 0 Å². The van der Waals surface area contributed by atoms with Crippen molar-refractivity contribution in [3.8, 4) is 5.75 Å². The number of thioether (sulfide) groups is 1. The third-order valence-corrected chi connectivity index (χ3v) is 6.80. The minimum atomic E-state index is -1.51. The molecular weight excluding hydrogens is 552 g/mol. The fraction of sp³-hybridized carbons (Fsp3) is 0.393. The van der Waals surface area contributed by atoms with Crippen molar-refractivity contribution in [2.24, 2.45) is 5.73 Å². The number of aromatic hydroxyl groups is 1. The summed E-state index contributed by atoms with van der Waals surface area (Å²) in [6, 6.07) is 10.0. The first-order chi connectivity index (χ1) is 19.5. The lowest BCUT2D eigenvalue weighted by Crippen LogP contribution is -2.58. The predicted molar refractivity (Wildman–Crippen MR) is 153 cm³/mol. The maximum Gasteiger partial charge on any atom is 0.326 e. The number of nitrogens with two attached hydrogens (primary N) is 1. The summed E-state index contributed by atoms with van der Waals surface area (Å²) >= 11 is 1.53. The van der Waals surface area contributed by atoms with E-state index in [1.54, 1.807) is 30.3 Å². The van der Waals surface area contributed by atoms with Gasteiger partial charge in [0, 0.05) is 19.3 Å². The van der Waals surface area contributed by atoms with E-state index in [9.17, 15) is 34.2 Å². The normalized spacial score (nSPS) is 13.7. The lowest BCUT2D eigenvalue weighted by Gasteiger charge is -2.25. The highest BCUT2D eigenvalue weighted by molar-refractivity contribution is 7.98. The second kappa shape index (κ2) is 16.9. The van der Waals surface area contributed by atoms with Crippen molar-refractivity contribution in [3.05, 3.63) is 65.7 Å². The molecule has 0 radical (unpaired) electrons. The van der Waals surface area contributed by atoms with Crippen LogP contribution in [-0.4, -0.2) is 81.2 Å². The molecule has 4 unspecified atom stereocenters. The van der Waals surface area contributed by atoms with Gasteiger partial charge in [0.05, 0.1) is 6.04 Å². The molecule has 8 N–H and O–H groups in total. The molecule has 41 heavy (non-hydrogen) atoms. The fourth-order valence-electron chi connectivity index (χ4n) is 3.86. The minimum Gasteiger partial charge on any atom is -0.508 e. The number of benzene rings is 2. The van der Waals surface area contributed by atoms with Crippen molar-refractivity contribution in [1.82, 2.24) is 16.0 Å². The number of rotatable bonds is 17. The Hall–Kier alpha value is -4.10. The van der Waals surface area contributed by atoms with E-state index in [0.29, 0.717) is 17.7 Å². The molecule has 0 spiro atoms. The van der Waals surface area contributed by atoms with Crippen LogP contribution in [0.1, 0.15) is 30.4 Å². The van der Waals surface area contributed by atoms with E-state index in [0.717, 1.165) is 5.56 Å². The quantitative estimate of drug-likeness (QED) is 0.137. The number of aliphatic carboxylic acids is 2. The van der Waals surface area contributed by atoms with Gasteiger partial charge >= 0.3 is 11.9 Å². The molecule has 0 saturated carbocycles. The highest BCUT2D eigenvalue weighted by Crippen LogP contribution is 2.13. The zero-order valence-corrected chi connectivity index (χ0v) is 23.4. The molecule has 0 saturated heterocycles. The van der Waals surface area contributed by atoms with Crippen molar-refractivity contribution in [3.63, 3.8) is 0 Å². The summed E-state index contributed by atoms with van der Waals surface area (Å²) in [6.45, 7) is 0. The molecule has 13 heteroatoms. The monoisotopic (exact) mass is 588 g/mol. The number of phenols is 1. The first kappa shape index (κ1) is 33.1. The average molecular weight is 589 g/mol. The van der Waals surface area contributed by atoms with Gasteiger partial charge in [0.1, 0.15) is 23.9 Å². The van der Waals surface area contributed by atoms with Gasteiger partial charge in [0.2, 0.25) is 17.7 Å². The summed E-state index contributed by atoms with van der Waals surface area (Å²) in [6.07, 6.45) is 1.43. The van der Waals surface area contributed by atoms with Crippen molar-refractivity contribution in [2.75, 3.05) is 12.0 Å². The molecule has 2 aromatic carbocycles. The van der Waals surface area contributed by atoms with E-state index >= 15 is 0 Å². The first-order valence-corrected chi connectivity index (χ1v) is 14.3. The minimum absolute atomic E-state index is 0.0122. The molecule has 0 fully saturated rings. The summed E-state index contributed by atoms with van der Waals surface area (Å²) in [4.78, 5) is 62.2. The van der Waals surface area contributed by atoms with E-state index in [2.05, 4.69) is 16.0 Å². The zero-order chi connectivity index (χ0) is 30.4. The second-order valence-corrected chi connectivity index (χ2v) is 10.4. The van der Waals surface area contributed by atoms with Gasteiger partial charge in [-0.2, -0.15) is 11.8 Å². The van der Waals surface area contributed by atoms with Crippen LogP contribution < -0.4 is 21.7 Å². The first-order valence-electron chi connectivity index (χ1n) is 12.9. The van der Waals surface area contributed by atoms with Gasteiger partial charge in [-0.05, 0) is 48.1 Å². The Bertz CT molecular complexity index is 1180. The van der Waals surface area contributed by atoms with Crippen molar-refractivity contribution >= 4 is 41.4 Å². The number of amides is 3. The summed E-state index contributed by atoms with van der Waals surface area (Å²) < 4.78 is 0. The van der Waals surface area contributed by atoms with Gasteiger partial charge < -0.3 is 37.0 Å². The number of nitrogens with one attached hydrogen (secondary N) is 3. The second-order valence-electron chi connectivity index (χ2n) is 9.40. The van der Waals surface area contributed by atoms with Crippen molar-refractivity contribution < 1.29 is 39.3 Å². The van der Waals surface area contributed by atoms with E-state index in [1.807, 2.05) is 6.26 Å². The standard InChI is InChI=1S/C28H36N4O8S/c1-41-14-13-20(29)25(36)31-22(15-17-5-3-2-4-6-17)27(38)32-23(16-18-7-9-19(33)10-8-18)26(37)30-21(28(39)40)11-12-24(34)35/h2-10,20-23,33H,11-16,29H2,1H3,(H,30,37)(H,31,36)(H,32,38)(H,34,35)(H,39,40). The predicted octanol–water partition coefficient (Wildman–Crippen LogP) is 0.662. The number of carbonyl (C=O) groups excluding carboxylic acids is 3. The molecule has 0 bridgehead atoms. The van der Waals surface area contributed by atoms with Crippen LogP contribution in [0.5, 0.6) is 5.75 Å². The molecule has 4 atom stereocenters. The number of carboxylic acid groups (broad SMARTS) is 2. The molecular formula is C28H36N4O8S. The molecule has 222 valence electrons. The lowest BCUT2D eigenvalue weighted by atomic mass is 10.0. The Morgan fingerprint density at radius 2 is 1.27 bits per heavy atom. The van der Waals surface area contributed by atoms with Crippen LogP contribution in [0, 0.1) is 0 Å². The van der Waals surface area contributed by atoms with Crippen molar-refractivity contribution in [1.29, 1.82) is 0 Å². The SMILES string of the molecule is CSCCC(N)C(=O)NC(Cc1ccccc1)C(=O)NC(Cc1ccc(O)cc1)C(=O)NC(CCC(=O)O)C(=O)O. The molecule has 2 rings (SSSR count). The maximum atomic E-state index is 13.5. The molecule has 0 aromatic heterocycles. The van der Waals surface area contributed by atoms with Gasteiger partial charge in [-0.3, -0.25) is 19.2 Å². The molecule has 0 heterocycles. The Kier molecular flexibility index (Phi) is 13.6. The molecule has 3 amide bonds. The Morgan fingerprint density at radius 1 is 0.756 bits per heavy atom. The Balaban J connectivity index is 2.30. The molecule has 0 aliphatic carbocycles. The smallest absolute Gasteiger partial charge is 0.326 e. The molecule has 2 aromatic rings. The van der Waals surface area contributed by atoms with Crippen LogP contribution in [0.25, 0.3) is 0 Å². The van der Waals surface area contributed by atoms with Crippen LogP contribution in [0.4, 0.5) is 0 Å². The Labute approximate surface area is 242 Å². The molecule has 0 aliphatic heterocycles. The molecule has 0 aliphatic rings. The van der Waals surface area contributed by atoms with E-state index in [1.165, 1.54) is 36.0 Å². The summed E-state index contributed by atoms with van der Waals surface area (Å²) in [5.41, 5.74) is 7.29.